The fourth-order valence-electron chi connectivity index (χ4n) is 1.55. The van der Waals surface area contributed by atoms with E-state index in [9.17, 15) is 14.3 Å². The van der Waals surface area contributed by atoms with Crippen LogP contribution in [0, 0.1) is 0 Å². The Labute approximate surface area is 106 Å². The topological polar surface area (TPSA) is 69.7 Å². The van der Waals surface area contributed by atoms with Gasteiger partial charge < -0.3 is 9.63 Å². The Morgan fingerprint density at radius 3 is 2.86 bits per heavy atom. The van der Waals surface area contributed by atoms with Gasteiger partial charge in [0.25, 0.3) is 0 Å². The molecule has 1 heterocycles. The van der Waals surface area contributed by atoms with Gasteiger partial charge in [-0.05, 0) is 12.8 Å². The molecule has 1 aliphatic rings. The van der Waals surface area contributed by atoms with E-state index in [2.05, 4.69) is 4.74 Å². The standard InChI is InChI=1S/C7H12NO4P.Na/c1-12-7(9)6-3-2-4-8(6)5-13(10)11;/h6H,2-5H2,1H3;/q;+1. The number of likely N-dealkylation sites (tertiary alicyclic amines) is 1. The average molecular weight is 228 g/mol. The van der Waals surface area contributed by atoms with Gasteiger partial charge in [0.15, 0.2) is 6.29 Å². The first-order valence-electron chi connectivity index (χ1n) is 4.09. The van der Waals surface area contributed by atoms with E-state index in [-0.39, 0.29) is 47.9 Å². The number of carbonyl (C=O) groups excluding carboxylic acids is 1. The Morgan fingerprint density at radius 2 is 2.36 bits per heavy atom. The largest absolute Gasteiger partial charge is 1.00 e. The summed E-state index contributed by atoms with van der Waals surface area (Å²) in [5.74, 6) is -0.339. The average Bonchev–Trinajstić information content (AvgIpc) is 2.50. The molecular formula is C7H12NNaO4P+. The molecule has 0 saturated carbocycles. The van der Waals surface area contributed by atoms with Gasteiger partial charge in [-0.25, -0.2) is 4.90 Å². The summed E-state index contributed by atoms with van der Waals surface area (Å²) >= 11 is 0. The molecule has 0 aliphatic carbocycles. The summed E-state index contributed by atoms with van der Waals surface area (Å²) < 4.78 is 15.0. The molecule has 0 aromatic carbocycles. The van der Waals surface area contributed by atoms with E-state index >= 15 is 0 Å². The van der Waals surface area contributed by atoms with Crippen LogP contribution in [-0.2, 0) is 14.1 Å². The molecule has 74 valence electrons. The van der Waals surface area contributed by atoms with Gasteiger partial charge >= 0.3 is 43.6 Å². The van der Waals surface area contributed by atoms with Crippen LogP contribution in [0.4, 0.5) is 0 Å². The molecule has 0 N–H and O–H groups in total. The van der Waals surface area contributed by atoms with Crippen LogP contribution in [-0.4, -0.2) is 36.9 Å². The number of hydrogen-bond donors (Lipinski definition) is 0. The van der Waals surface area contributed by atoms with Crippen molar-refractivity contribution in [1.29, 1.82) is 0 Å². The van der Waals surface area contributed by atoms with Gasteiger partial charge in [-0.3, -0.25) is 4.79 Å². The maximum atomic E-state index is 11.1. The molecule has 1 saturated heterocycles. The van der Waals surface area contributed by atoms with Crippen molar-refractivity contribution in [3.8, 4) is 0 Å². The fourth-order valence-corrected chi connectivity index (χ4v) is 2.18. The van der Waals surface area contributed by atoms with Crippen LogP contribution in [0.3, 0.4) is 0 Å². The van der Waals surface area contributed by atoms with Crippen molar-refractivity contribution >= 4 is 14.0 Å². The maximum absolute atomic E-state index is 11.1. The van der Waals surface area contributed by atoms with Gasteiger partial charge in [-0.2, -0.15) is 0 Å². The molecule has 0 radical (unpaired) electrons. The molecule has 0 spiro atoms. The minimum Gasteiger partial charge on any atom is -0.594 e. The second-order valence-corrected chi connectivity index (χ2v) is 3.92. The van der Waals surface area contributed by atoms with E-state index in [0.717, 1.165) is 6.42 Å². The Morgan fingerprint density at radius 1 is 1.71 bits per heavy atom. The van der Waals surface area contributed by atoms with Crippen LogP contribution in [0.25, 0.3) is 0 Å². The van der Waals surface area contributed by atoms with Crippen LogP contribution >= 0.6 is 8.03 Å². The molecular weight excluding hydrogens is 216 g/mol. The van der Waals surface area contributed by atoms with Crippen LogP contribution in [0.15, 0.2) is 0 Å². The minimum atomic E-state index is -2.45. The Hall–Kier alpha value is 0.490. The van der Waals surface area contributed by atoms with E-state index in [1.807, 2.05) is 0 Å². The van der Waals surface area contributed by atoms with Crippen molar-refractivity contribution in [2.45, 2.75) is 18.9 Å². The SMILES string of the molecule is COC(=O)C1CCCN1C[P+](=O)[O-].[Na+]. The van der Waals surface area contributed by atoms with Crippen molar-refractivity contribution in [3.63, 3.8) is 0 Å². The third-order valence-electron chi connectivity index (χ3n) is 2.13. The van der Waals surface area contributed by atoms with Crippen molar-refractivity contribution < 1.29 is 48.5 Å². The summed E-state index contributed by atoms with van der Waals surface area (Å²) in [6.45, 7) is 0.656. The summed E-state index contributed by atoms with van der Waals surface area (Å²) in [5.41, 5.74) is 0. The van der Waals surface area contributed by atoms with E-state index in [1.165, 1.54) is 7.11 Å². The van der Waals surface area contributed by atoms with Crippen molar-refractivity contribution in [2.24, 2.45) is 0 Å². The molecule has 0 aromatic heterocycles. The molecule has 0 aromatic rings. The third-order valence-corrected chi connectivity index (χ3v) is 2.73. The first-order valence-corrected chi connectivity index (χ1v) is 5.45. The smallest absolute Gasteiger partial charge is 0.594 e. The maximum Gasteiger partial charge on any atom is 1.00 e. The molecule has 2 atom stereocenters. The number of esters is 1. The first-order chi connectivity index (χ1) is 6.15. The van der Waals surface area contributed by atoms with E-state index < -0.39 is 8.03 Å². The van der Waals surface area contributed by atoms with Crippen molar-refractivity contribution in [2.75, 3.05) is 19.9 Å². The molecule has 1 aliphatic heterocycles. The molecule has 0 amide bonds. The zero-order valence-corrected chi connectivity index (χ0v) is 11.3. The van der Waals surface area contributed by atoms with Crippen molar-refractivity contribution in [3.05, 3.63) is 0 Å². The Kier molecular flexibility index (Phi) is 7.12. The second-order valence-electron chi connectivity index (χ2n) is 2.97. The number of carbonyl (C=O) groups is 1. The number of rotatable bonds is 3. The van der Waals surface area contributed by atoms with Gasteiger partial charge in [0.05, 0.1) is 7.11 Å². The van der Waals surface area contributed by atoms with Gasteiger partial charge in [0.1, 0.15) is 6.04 Å². The normalized spacial score (nSPS) is 22.7. The van der Waals surface area contributed by atoms with Crippen molar-refractivity contribution in [1.82, 2.24) is 4.90 Å². The van der Waals surface area contributed by atoms with Gasteiger partial charge in [0.2, 0.25) is 0 Å². The monoisotopic (exact) mass is 228 g/mol. The summed E-state index contributed by atoms with van der Waals surface area (Å²) in [5, 5.41) is 0. The number of nitrogens with zero attached hydrogens (tertiary/aromatic N) is 1. The summed E-state index contributed by atoms with van der Waals surface area (Å²) in [7, 11) is -1.13. The number of ether oxygens (including phenoxy) is 1. The molecule has 1 rings (SSSR count). The minimum absolute atomic E-state index is 0. The Balaban J connectivity index is 0.00000169. The van der Waals surface area contributed by atoms with E-state index in [0.29, 0.717) is 13.0 Å². The van der Waals surface area contributed by atoms with Gasteiger partial charge in [-0.1, -0.05) is 4.57 Å². The van der Waals surface area contributed by atoms with Crippen LogP contribution in [0.2, 0.25) is 0 Å². The first kappa shape index (κ1) is 14.5. The zero-order chi connectivity index (χ0) is 9.84. The molecule has 5 nitrogen and oxygen atoms in total. The van der Waals surface area contributed by atoms with Crippen LogP contribution < -0.4 is 34.5 Å². The summed E-state index contributed by atoms with van der Waals surface area (Å²) in [6.07, 6.45) is 1.49. The molecule has 1 fully saturated rings. The number of hydrogen-bond acceptors (Lipinski definition) is 5. The molecule has 7 heteroatoms. The van der Waals surface area contributed by atoms with Crippen LogP contribution in [0.5, 0.6) is 0 Å². The third kappa shape index (κ3) is 3.93. The number of methoxy groups -OCH3 is 1. The zero-order valence-electron chi connectivity index (χ0n) is 8.43. The molecule has 0 bridgehead atoms. The predicted molar refractivity (Wildman–Crippen MR) is 44.2 cm³/mol. The quantitative estimate of drug-likeness (QED) is 0.287. The molecule has 2 unspecified atom stereocenters. The summed E-state index contributed by atoms with van der Waals surface area (Å²) in [6, 6.07) is -0.363. The predicted octanol–water partition coefficient (Wildman–Crippen LogP) is -3.31. The fraction of sp³-hybridized carbons (Fsp3) is 0.857. The van der Waals surface area contributed by atoms with Crippen LogP contribution in [0.1, 0.15) is 12.8 Å². The van der Waals surface area contributed by atoms with Gasteiger partial charge in [0, 0.05) is 6.54 Å². The van der Waals surface area contributed by atoms with Gasteiger partial charge in [-0.15, -0.1) is 0 Å². The summed E-state index contributed by atoms with van der Waals surface area (Å²) in [4.78, 5) is 23.2. The Bertz CT molecular complexity index is 226. The molecule has 14 heavy (non-hydrogen) atoms. The van der Waals surface area contributed by atoms with E-state index in [1.54, 1.807) is 4.90 Å². The second kappa shape index (κ2) is 6.88. The van der Waals surface area contributed by atoms with E-state index in [4.69, 9.17) is 0 Å².